The number of aryl methyl sites for hydroxylation is 2. The molecule has 0 saturated heterocycles. The van der Waals surface area contributed by atoms with Gasteiger partial charge >= 0.3 is 0 Å². The van der Waals surface area contributed by atoms with Gasteiger partial charge in [-0.25, -0.2) is 4.98 Å². The maximum Gasteiger partial charge on any atom is 0.251 e. The molecule has 5 heteroatoms. The summed E-state index contributed by atoms with van der Waals surface area (Å²) in [6.45, 7) is 4.30. The van der Waals surface area contributed by atoms with Crippen molar-refractivity contribution in [3.63, 3.8) is 0 Å². The molecule has 1 aromatic carbocycles. The molecule has 1 amide bonds. The summed E-state index contributed by atoms with van der Waals surface area (Å²) < 4.78 is 0. The number of carbonyl (C=O) groups excluding carboxylic acids is 1. The Morgan fingerprint density at radius 2 is 2.17 bits per heavy atom. The first-order valence-electron chi connectivity index (χ1n) is 5.61. The minimum Gasteiger partial charge on any atom is -0.399 e. The van der Waals surface area contributed by atoms with Crippen LogP contribution >= 0.6 is 11.3 Å². The zero-order valence-electron chi connectivity index (χ0n) is 10.4. The molecular weight excluding hydrogens is 246 g/mol. The lowest BCUT2D eigenvalue weighted by atomic mass is 10.1. The molecule has 4 nitrogen and oxygen atoms in total. The zero-order valence-corrected chi connectivity index (χ0v) is 11.2. The molecule has 0 radical (unpaired) electrons. The van der Waals surface area contributed by atoms with Gasteiger partial charge in [0.05, 0.1) is 17.2 Å². The SMILES string of the molecule is Cc1cc(N)cc(C(=O)NCc2csc(C)n2)c1. The molecule has 0 spiro atoms. The average molecular weight is 261 g/mol. The fourth-order valence-corrected chi connectivity index (χ4v) is 2.32. The Morgan fingerprint density at radius 1 is 1.39 bits per heavy atom. The van der Waals surface area contributed by atoms with E-state index in [2.05, 4.69) is 10.3 Å². The Morgan fingerprint density at radius 3 is 2.78 bits per heavy atom. The normalized spacial score (nSPS) is 10.3. The Bertz CT molecular complexity index is 557. The topological polar surface area (TPSA) is 68.0 Å². The van der Waals surface area contributed by atoms with E-state index in [1.165, 1.54) is 0 Å². The van der Waals surface area contributed by atoms with Gasteiger partial charge in [0.25, 0.3) is 5.91 Å². The monoisotopic (exact) mass is 261 g/mol. The molecule has 0 fully saturated rings. The van der Waals surface area contributed by atoms with Crippen molar-refractivity contribution in [2.24, 2.45) is 0 Å². The summed E-state index contributed by atoms with van der Waals surface area (Å²) in [6, 6.07) is 5.33. The molecule has 2 rings (SSSR count). The van der Waals surface area contributed by atoms with Gasteiger partial charge in [0, 0.05) is 16.6 Å². The molecule has 0 bridgehead atoms. The van der Waals surface area contributed by atoms with Crippen LogP contribution in [0, 0.1) is 13.8 Å². The van der Waals surface area contributed by atoms with Gasteiger partial charge in [0.15, 0.2) is 0 Å². The molecule has 0 unspecified atom stereocenters. The summed E-state index contributed by atoms with van der Waals surface area (Å²) in [5.41, 5.74) is 8.76. The van der Waals surface area contributed by atoms with Crippen LogP contribution < -0.4 is 11.1 Å². The van der Waals surface area contributed by atoms with Crippen molar-refractivity contribution in [3.05, 3.63) is 45.4 Å². The van der Waals surface area contributed by atoms with Gasteiger partial charge in [0.1, 0.15) is 0 Å². The number of nitrogens with two attached hydrogens (primary N) is 1. The number of hydrogen-bond acceptors (Lipinski definition) is 4. The highest BCUT2D eigenvalue weighted by atomic mass is 32.1. The van der Waals surface area contributed by atoms with E-state index in [4.69, 9.17) is 5.73 Å². The molecule has 1 heterocycles. The molecule has 0 aliphatic heterocycles. The van der Waals surface area contributed by atoms with Crippen LogP contribution in [0.3, 0.4) is 0 Å². The summed E-state index contributed by atoms with van der Waals surface area (Å²) in [6.07, 6.45) is 0. The molecule has 2 aromatic rings. The minimum absolute atomic E-state index is 0.129. The Labute approximate surface area is 110 Å². The predicted octanol–water partition coefficient (Wildman–Crippen LogP) is 2.27. The van der Waals surface area contributed by atoms with Crippen LogP contribution in [0.4, 0.5) is 5.69 Å². The van der Waals surface area contributed by atoms with Gasteiger partial charge in [-0.3, -0.25) is 4.79 Å². The quantitative estimate of drug-likeness (QED) is 0.833. The molecule has 0 aliphatic carbocycles. The van der Waals surface area contributed by atoms with E-state index in [0.29, 0.717) is 17.8 Å². The first kappa shape index (κ1) is 12.6. The van der Waals surface area contributed by atoms with E-state index < -0.39 is 0 Å². The van der Waals surface area contributed by atoms with E-state index in [0.717, 1.165) is 16.3 Å². The molecule has 94 valence electrons. The standard InChI is InChI=1S/C13H15N3OS/c1-8-3-10(5-11(14)4-8)13(17)15-6-12-7-18-9(2)16-12/h3-5,7H,6,14H2,1-2H3,(H,15,17). The molecule has 0 aliphatic rings. The lowest BCUT2D eigenvalue weighted by Crippen LogP contribution is -2.23. The number of rotatable bonds is 3. The van der Waals surface area contributed by atoms with Crippen molar-refractivity contribution in [1.29, 1.82) is 0 Å². The molecule has 1 aromatic heterocycles. The van der Waals surface area contributed by atoms with Crippen molar-refractivity contribution in [2.45, 2.75) is 20.4 Å². The number of hydrogen-bond donors (Lipinski definition) is 2. The van der Waals surface area contributed by atoms with E-state index in [-0.39, 0.29) is 5.91 Å². The Balaban J connectivity index is 2.03. The smallest absolute Gasteiger partial charge is 0.251 e. The van der Waals surface area contributed by atoms with Gasteiger partial charge in [0.2, 0.25) is 0 Å². The highest BCUT2D eigenvalue weighted by molar-refractivity contribution is 7.09. The number of nitrogens with zero attached hydrogens (tertiary/aromatic N) is 1. The van der Waals surface area contributed by atoms with Gasteiger partial charge < -0.3 is 11.1 Å². The van der Waals surface area contributed by atoms with E-state index in [1.807, 2.05) is 31.4 Å². The van der Waals surface area contributed by atoms with Crippen molar-refractivity contribution in [1.82, 2.24) is 10.3 Å². The van der Waals surface area contributed by atoms with Gasteiger partial charge in [-0.1, -0.05) is 0 Å². The van der Waals surface area contributed by atoms with Crippen LogP contribution in [0.2, 0.25) is 0 Å². The van der Waals surface area contributed by atoms with E-state index >= 15 is 0 Å². The summed E-state index contributed by atoms with van der Waals surface area (Å²) in [4.78, 5) is 16.2. The number of aromatic nitrogens is 1. The summed E-state index contributed by atoms with van der Waals surface area (Å²) in [5, 5.41) is 5.78. The second-order valence-corrected chi connectivity index (χ2v) is 5.24. The second-order valence-electron chi connectivity index (χ2n) is 4.17. The van der Waals surface area contributed by atoms with Gasteiger partial charge in [-0.2, -0.15) is 0 Å². The summed E-state index contributed by atoms with van der Waals surface area (Å²) in [7, 11) is 0. The number of thiazole rings is 1. The first-order chi connectivity index (χ1) is 8.54. The molecule has 0 saturated carbocycles. The molecule has 18 heavy (non-hydrogen) atoms. The van der Waals surface area contributed by atoms with E-state index in [9.17, 15) is 4.79 Å². The maximum atomic E-state index is 11.9. The fraction of sp³-hybridized carbons (Fsp3) is 0.231. The highest BCUT2D eigenvalue weighted by Gasteiger charge is 2.07. The second kappa shape index (κ2) is 5.18. The number of nitrogen functional groups attached to an aromatic ring is 1. The van der Waals surface area contributed by atoms with Gasteiger partial charge in [-0.15, -0.1) is 11.3 Å². The number of amides is 1. The minimum atomic E-state index is -0.129. The third kappa shape index (κ3) is 3.07. The highest BCUT2D eigenvalue weighted by Crippen LogP contribution is 2.12. The average Bonchev–Trinajstić information content (AvgIpc) is 2.70. The summed E-state index contributed by atoms with van der Waals surface area (Å²) >= 11 is 1.57. The Kier molecular flexibility index (Phi) is 3.62. The van der Waals surface area contributed by atoms with Crippen LogP contribution in [0.1, 0.15) is 26.6 Å². The van der Waals surface area contributed by atoms with Gasteiger partial charge in [-0.05, 0) is 37.6 Å². The van der Waals surface area contributed by atoms with Crippen molar-refractivity contribution >= 4 is 22.9 Å². The third-order valence-corrected chi connectivity index (χ3v) is 3.28. The third-order valence-electron chi connectivity index (χ3n) is 2.46. The van der Waals surface area contributed by atoms with Crippen LogP contribution in [-0.4, -0.2) is 10.9 Å². The van der Waals surface area contributed by atoms with Crippen LogP contribution in [-0.2, 0) is 6.54 Å². The van der Waals surface area contributed by atoms with Crippen LogP contribution in [0.25, 0.3) is 0 Å². The number of anilines is 1. The van der Waals surface area contributed by atoms with Crippen LogP contribution in [0.5, 0.6) is 0 Å². The maximum absolute atomic E-state index is 11.9. The zero-order chi connectivity index (χ0) is 13.1. The molecular formula is C13H15N3OS. The number of nitrogens with one attached hydrogen (secondary N) is 1. The molecule has 3 N–H and O–H groups in total. The van der Waals surface area contributed by atoms with Crippen molar-refractivity contribution in [2.75, 3.05) is 5.73 Å². The lowest BCUT2D eigenvalue weighted by molar-refractivity contribution is 0.0950. The first-order valence-corrected chi connectivity index (χ1v) is 6.49. The predicted molar refractivity (Wildman–Crippen MR) is 73.6 cm³/mol. The van der Waals surface area contributed by atoms with Crippen molar-refractivity contribution in [3.8, 4) is 0 Å². The Hall–Kier alpha value is -1.88. The van der Waals surface area contributed by atoms with E-state index in [1.54, 1.807) is 17.4 Å². The number of carbonyl (C=O) groups is 1. The summed E-state index contributed by atoms with van der Waals surface area (Å²) in [5.74, 6) is -0.129. The fourth-order valence-electron chi connectivity index (χ4n) is 1.71. The largest absolute Gasteiger partial charge is 0.399 e. The lowest BCUT2D eigenvalue weighted by Gasteiger charge is -2.05. The number of benzene rings is 1. The van der Waals surface area contributed by atoms with Crippen molar-refractivity contribution < 1.29 is 4.79 Å². The van der Waals surface area contributed by atoms with Crippen LogP contribution in [0.15, 0.2) is 23.6 Å². The molecule has 0 atom stereocenters.